The predicted molar refractivity (Wildman–Crippen MR) is 67.1 cm³/mol. The van der Waals surface area contributed by atoms with E-state index in [1.54, 1.807) is 6.07 Å². The van der Waals surface area contributed by atoms with E-state index in [9.17, 15) is 4.79 Å². The summed E-state index contributed by atoms with van der Waals surface area (Å²) in [6.07, 6.45) is 0.324. The quantitative estimate of drug-likeness (QED) is 0.582. The summed E-state index contributed by atoms with van der Waals surface area (Å²) in [5, 5.41) is 3.10. The van der Waals surface area contributed by atoms with E-state index >= 15 is 0 Å². The van der Waals surface area contributed by atoms with Crippen LogP contribution in [0.1, 0.15) is 13.3 Å². The minimum atomic E-state index is -0.238. The number of hydrogen-bond donors (Lipinski definition) is 2. The van der Waals surface area contributed by atoms with Gasteiger partial charge in [0.25, 0.3) is 0 Å². The molecule has 0 atom stereocenters. The lowest BCUT2D eigenvalue weighted by molar-refractivity contribution is -0.140. The Morgan fingerprint density at radius 3 is 2.88 bits per heavy atom. The number of nitrogen functional groups attached to an aromatic ring is 1. The van der Waals surface area contributed by atoms with Crippen molar-refractivity contribution in [3.63, 3.8) is 0 Å². The maximum atomic E-state index is 10.9. The molecular formula is C12H18N2O3. The molecular weight excluding hydrogens is 220 g/mol. The molecule has 1 aromatic carbocycles. The maximum absolute atomic E-state index is 10.9. The molecule has 94 valence electrons. The molecule has 0 spiro atoms. The zero-order valence-electron chi connectivity index (χ0n) is 10.2. The second-order valence-electron chi connectivity index (χ2n) is 3.44. The van der Waals surface area contributed by atoms with Gasteiger partial charge >= 0.3 is 5.97 Å². The summed E-state index contributed by atoms with van der Waals surface area (Å²) in [6.45, 7) is 2.98. The number of nitrogens with one attached hydrogen (secondary N) is 1. The van der Waals surface area contributed by atoms with E-state index in [0.717, 1.165) is 5.69 Å². The fourth-order valence-corrected chi connectivity index (χ4v) is 1.34. The van der Waals surface area contributed by atoms with Gasteiger partial charge in [-0.3, -0.25) is 4.79 Å². The molecule has 0 saturated carbocycles. The standard InChI is InChI=1S/C12H18N2O3/c1-3-17-11-8-9(4-5-10(11)13)14-7-6-12(15)16-2/h4-5,8,14H,3,6-7,13H2,1-2H3. The zero-order chi connectivity index (χ0) is 12.7. The van der Waals surface area contributed by atoms with Crippen molar-refractivity contribution in [3.8, 4) is 5.75 Å². The third-order valence-corrected chi connectivity index (χ3v) is 2.20. The van der Waals surface area contributed by atoms with Crippen LogP contribution in [-0.4, -0.2) is 26.2 Å². The second kappa shape index (κ2) is 6.62. The summed E-state index contributed by atoms with van der Waals surface area (Å²) >= 11 is 0. The molecule has 5 heteroatoms. The molecule has 17 heavy (non-hydrogen) atoms. The van der Waals surface area contributed by atoms with E-state index in [4.69, 9.17) is 10.5 Å². The van der Waals surface area contributed by atoms with Crippen molar-refractivity contribution >= 4 is 17.3 Å². The van der Waals surface area contributed by atoms with Crippen molar-refractivity contribution in [3.05, 3.63) is 18.2 Å². The first-order valence-corrected chi connectivity index (χ1v) is 5.50. The number of methoxy groups -OCH3 is 1. The minimum absolute atomic E-state index is 0.238. The molecule has 3 N–H and O–H groups in total. The third-order valence-electron chi connectivity index (χ3n) is 2.20. The topological polar surface area (TPSA) is 73.6 Å². The van der Waals surface area contributed by atoms with Crippen LogP contribution in [0, 0.1) is 0 Å². The number of anilines is 2. The van der Waals surface area contributed by atoms with Gasteiger partial charge in [-0.1, -0.05) is 0 Å². The number of carbonyl (C=O) groups is 1. The largest absolute Gasteiger partial charge is 0.492 e. The van der Waals surface area contributed by atoms with Gasteiger partial charge in [0.05, 0.1) is 25.8 Å². The molecule has 0 saturated heterocycles. The molecule has 0 fully saturated rings. The molecule has 1 aromatic rings. The fourth-order valence-electron chi connectivity index (χ4n) is 1.34. The van der Waals surface area contributed by atoms with E-state index < -0.39 is 0 Å². The van der Waals surface area contributed by atoms with Crippen LogP contribution < -0.4 is 15.8 Å². The Hall–Kier alpha value is -1.91. The van der Waals surface area contributed by atoms with Gasteiger partial charge in [-0.2, -0.15) is 0 Å². The monoisotopic (exact) mass is 238 g/mol. The number of esters is 1. The smallest absolute Gasteiger partial charge is 0.307 e. The number of hydrogen-bond acceptors (Lipinski definition) is 5. The first-order chi connectivity index (χ1) is 8.17. The molecule has 0 aliphatic rings. The molecule has 0 heterocycles. The van der Waals surface area contributed by atoms with Gasteiger partial charge in [-0.05, 0) is 19.1 Å². The summed E-state index contributed by atoms with van der Waals surface area (Å²) < 4.78 is 9.92. The highest BCUT2D eigenvalue weighted by molar-refractivity contribution is 5.70. The SMILES string of the molecule is CCOc1cc(NCCC(=O)OC)ccc1N. The average Bonchev–Trinajstić information content (AvgIpc) is 2.33. The average molecular weight is 238 g/mol. The second-order valence-corrected chi connectivity index (χ2v) is 3.44. The summed E-state index contributed by atoms with van der Waals surface area (Å²) in [7, 11) is 1.37. The van der Waals surface area contributed by atoms with Crippen LogP contribution in [0.2, 0.25) is 0 Å². The lowest BCUT2D eigenvalue weighted by Crippen LogP contribution is -2.09. The number of rotatable bonds is 6. The maximum Gasteiger partial charge on any atom is 0.307 e. The van der Waals surface area contributed by atoms with Crippen LogP contribution in [0.3, 0.4) is 0 Å². The normalized spacial score (nSPS) is 9.76. The highest BCUT2D eigenvalue weighted by atomic mass is 16.5. The number of benzene rings is 1. The van der Waals surface area contributed by atoms with Gasteiger partial charge in [-0.15, -0.1) is 0 Å². The van der Waals surface area contributed by atoms with Gasteiger partial charge < -0.3 is 20.5 Å². The zero-order valence-corrected chi connectivity index (χ0v) is 10.2. The summed E-state index contributed by atoms with van der Waals surface area (Å²) in [6, 6.07) is 5.43. The molecule has 0 aromatic heterocycles. The number of nitrogens with two attached hydrogens (primary N) is 1. The first-order valence-electron chi connectivity index (χ1n) is 5.50. The van der Waals surface area contributed by atoms with Gasteiger partial charge in [0.2, 0.25) is 0 Å². The number of ether oxygens (including phenoxy) is 2. The molecule has 0 unspecified atom stereocenters. The Kier molecular flexibility index (Phi) is 5.13. The highest BCUT2D eigenvalue weighted by Crippen LogP contribution is 2.25. The Bertz CT molecular complexity index is 380. The summed E-state index contributed by atoms with van der Waals surface area (Å²) in [5.74, 6) is 0.411. The fraction of sp³-hybridized carbons (Fsp3) is 0.417. The van der Waals surface area contributed by atoms with E-state index in [2.05, 4.69) is 10.1 Å². The molecule has 0 aliphatic carbocycles. The summed E-state index contributed by atoms with van der Waals surface area (Å²) in [4.78, 5) is 10.9. The Balaban J connectivity index is 2.53. The Morgan fingerprint density at radius 2 is 2.24 bits per heavy atom. The van der Waals surface area contributed by atoms with Gasteiger partial charge in [0.15, 0.2) is 0 Å². The van der Waals surface area contributed by atoms with Crippen molar-refractivity contribution in [2.24, 2.45) is 0 Å². The first kappa shape index (κ1) is 13.2. The van der Waals surface area contributed by atoms with E-state index in [1.807, 2.05) is 19.1 Å². The van der Waals surface area contributed by atoms with E-state index in [1.165, 1.54) is 7.11 Å². The van der Waals surface area contributed by atoms with Gasteiger partial charge in [-0.25, -0.2) is 0 Å². The summed E-state index contributed by atoms with van der Waals surface area (Å²) in [5.41, 5.74) is 7.22. The molecule has 0 aliphatic heterocycles. The predicted octanol–water partition coefficient (Wildman–Crippen LogP) is 1.64. The highest BCUT2D eigenvalue weighted by Gasteiger charge is 2.03. The minimum Gasteiger partial charge on any atom is -0.492 e. The number of carbonyl (C=O) groups excluding carboxylic acids is 1. The van der Waals surface area contributed by atoms with Crippen LogP contribution >= 0.6 is 0 Å². The van der Waals surface area contributed by atoms with E-state index in [-0.39, 0.29) is 5.97 Å². The van der Waals surface area contributed by atoms with Crippen molar-refractivity contribution in [1.82, 2.24) is 0 Å². The van der Waals surface area contributed by atoms with Crippen LogP contribution in [-0.2, 0) is 9.53 Å². The lowest BCUT2D eigenvalue weighted by Gasteiger charge is -2.10. The van der Waals surface area contributed by atoms with Crippen molar-refractivity contribution < 1.29 is 14.3 Å². The Labute approximate surface area is 101 Å². The molecule has 1 rings (SSSR count). The van der Waals surface area contributed by atoms with Gasteiger partial charge in [0, 0.05) is 18.3 Å². The molecule has 0 radical (unpaired) electrons. The van der Waals surface area contributed by atoms with Crippen LogP contribution in [0.5, 0.6) is 5.75 Å². The van der Waals surface area contributed by atoms with Crippen molar-refractivity contribution in [1.29, 1.82) is 0 Å². The van der Waals surface area contributed by atoms with Crippen LogP contribution in [0.25, 0.3) is 0 Å². The van der Waals surface area contributed by atoms with E-state index in [0.29, 0.717) is 31.0 Å². The van der Waals surface area contributed by atoms with Crippen LogP contribution in [0.4, 0.5) is 11.4 Å². The lowest BCUT2D eigenvalue weighted by atomic mass is 10.2. The van der Waals surface area contributed by atoms with Gasteiger partial charge in [0.1, 0.15) is 5.75 Å². The molecule has 0 bridgehead atoms. The third kappa shape index (κ3) is 4.22. The molecule has 5 nitrogen and oxygen atoms in total. The van der Waals surface area contributed by atoms with Crippen molar-refractivity contribution in [2.45, 2.75) is 13.3 Å². The van der Waals surface area contributed by atoms with Crippen LogP contribution in [0.15, 0.2) is 18.2 Å². The van der Waals surface area contributed by atoms with Crippen molar-refractivity contribution in [2.75, 3.05) is 31.3 Å². The molecule has 0 amide bonds. The Morgan fingerprint density at radius 1 is 1.47 bits per heavy atom.